The number of benzene rings is 1. The molecule has 1 aromatic heterocycles. The zero-order valence-corrected chi connectivity index (χ0v) is 10.8. The lowest BCUT2D eigenvalue weighted by atomic mass is 9.89. The van der Waals surface area contributed by atoms with E-state index in [1.807, 2.05) is 12.1 Å². The monoisotopic (exact) mass is 271 g/mol. The second kappa shape index (κ2) is 4.03. The van der Waals surface area contributed by atoms with Gasteiger partial charge >= 0.3 is 0 Å². The molecular weight excluding hydrogens is 258 g/mol. The minimum absolute atomic E-state index is 0.0412. The van der Waals surface area contributed by atoms with Gasteiger partial charge in [0, 0.05) is 11.3 Å². The number of carbonyl (C=O) groups is 1. The van der Waals surface area contributed by atoms with Crippen molar-refractivity contribution in [3.05, 3.63) is 36.2 Å². The Morgan fingerprint density at radius 2 is 2.20 bits per heavy atom. The number of amides is 1. The number of nitrogens with one attached hydrogen (secondary N) is 1. The van der Waals surface area contributed by atoms with Crippen LogP contribution in [0.2, 0.25) is 0 Å². The summed E-state index contributed by atoms with van der Waals surface area (Å²) in [6, 6.07) is 3.66. The summed E-state index contributed by atoms with van der Waals surface area (Å²) in [6.45, 7) is 4.00. The first kappa shape index (κ1) is 11.4. The van der Waals surface area contributed by atoms with E-state index in [-0.39, 0.29) is 18.6 Å². The van der Waals surface area contributed by atoms with E-state index in [2.05, 4.69) is 11.9 Å². The quantitative estimate of drug-likeness (QED) is 0.866. The maximum Gasteiger partial charge on any atom is 0.231 e. The number of piperidine rings is 1. The molecule has 2 aromatic rings. The van der Waals surface area contributed by atoms with E-state index in [0.29, 0.717) is 17.1 Å². The van der Waals surface area contributed by atoms with Crippen molar-refractivity contribution in [2.24, 2.45) is 0 Å². The average molecular weight is 271 g/mol. The smallest absolute Gasteiger partial charge is 0.231 e. The molecule has 2 aliphatic rings. The summed E-state index contributed by atoms with van der Waals surface area (Å²) in [6.07, 6.45) is 3.14. The molecule has 1 saturated heterocycles. The van der Waals surface area contributed by atoms with Crippen molar-refractivity contribution in [1.82, 2.24) is 5.32 Å². The number of furan rings is 1. The Morgan fingerprint density at radius 1 is 1.30 bits per heavy atom. The van der Waals surface area contributed by atoms with Gasteiger partial charge in [-0.2, -0.15) is 0 Å². The van der Waals surface area contributed by atoms with Crippen LogP contribution in [0.25, 0.3) is 11.0 Å². The predicted octanol–water partition coefficient (Wildman–Crippen LogP) is 2.67. The summed E-state index contributed by atoms with van der Waals surface area (Å²) < 4.78 is 16.5. The average Bonchev–Trinajstić information content (AvgIpc) is 3.03. The molecule has 3 heterocycles. The third-order valence-electron chi connectivity index (χ3n) is 3.83. The topological polar surface area (TPSA) is 60.7 Å². The summed E-state index contributed by atoms with van der Waals surface area (Å²) in [5.41, 5.74) is 2.33. The van der Waals surface area contributed by atoms with Crippen molar-refractivity contribution >= 4 is 16.9 Å². The molecule has 20 heavy (non-hydrogen) atoms. The number of ether oxygens (including phenoxy) is 2. The zero-order valence-electron chi connectivity index (χ0n) is 10.8. The van der Waals surface area contributed by atoms with Crippen molar-refractivity contribution in [3.63, 3.8) is 0 Å². The summed E-state index contributed by atoms with van der Waals surface area (Å²) in [5.74, 6) is 1.09. The van der Waals surface area contributed by atoms with Crippen LogP contribution in [0.4, 0.5) is 0 Å². The molecule has 0 saturated carbocycles. The molecule has 1 amide bonds. The molecule has 1 atom stereocenters. The van der Waals surface area contributed by atoms with Crippen LogP contribution in [0, 0.1) is 0 Å². The highest BCUT2D eigenvalue weighted by Crippen LogP contribution is 2.44. The molecule has 0 unspecified atom stereocenters. The van der Waals surface area contributed by atoms with E-state index in [0.717, 1.165) is 29.5 Å². The molecule has 5 nitrogen and oxygen atoms in total. The second-order valence-electron chi connectivity index (χ2n) is 5.05. The van der Waals surface area contributed by atoms with Crippen molar-refractivity contribution in [2.75, 3.05) is 6.79 Å². The van der Waals surface area contributed by atoms with E-state index in [4.69, 9.17) is 13.9 Å². The largest absolute Gasteiger partial charge is 0.464 e. The molecule has 5 heteroatoms. The molecule has 0 radical (unpaired) electrons. The standard InChI is InChI=1S/C15H13NO4/c1-8-2-3-9(15(17)16-8)10-6-18-11-4-5-12-14(13(10)11)20-7-19-12/h4-6,9H,1-3,7H2,(H,16,17)/t9-/m1/s1. The van der Waals surface area contributed by atoms with Gasteiger partial charge in [-0.25, -0.2) is 0 Å². The number of hydrogen-bond donors (Lipinski definition) is 1. The fourth-order valence-electron chi connectivity index (χ4n) is 2.84. The third-order valence-corrected chi connectivity index (χ3v) is 3.83. The molecule has 4 rings (SSSR count). The summed E-state index contributed by atoms with van der Waals surface area (Å²) in [7, 11) is 0. The first-order chi connectivity index (χ1) is 9.74. The Bertz CT molecular complexity index is 731. The van der Waals surface area contributed by atoms with Crippen molar-refractivity contribution in [3.8, 4) is 11.5 Å². The Hall–Kier alpha value is -2.43. The van der Waals surface area contributed by atoms with Gasteiger partial charge < -0.3 is 19.2 Å². The van der Waals surface area contributed by atoms with E-state index < -0.39 is 0 Å². The van der Waals surface area contributed by atoms with Gasteiger partial charge in [0.25, 0.3) is 0 Å². The molecule has 1 N–H and O–H groups in total. The van der Waals surface area contributed by atoms with Crippen LogP contribution in [-0.4, -0.2) is 12.7 Å². The summed E-state index contributed by atoms with van der Waals surface area (Å²) in [5, 5.41) is 3.64. The predicted molar refractivity (Wildman–Crippen MR) is 71.6 cm³/mol. The molecule has 0 bridgehead atoms. The number of carbonyl (C=O) groups excluding carboxylic acids is 1. The van der Waals surface area contributed by atoms with E-state index in [9.17, 15) is 4.79 Å². The van der Waals surface area contributed by atoms with Crippen LogP contribution in [0.5, 0.6) is 11.5 Å². The third kappa shape index (κ3) is 1.52. The van der Waals surface area contributed by atoms with Gasteiger partial charge in [-0.1, -0.05) is 6.58 Å². The zero-order chi connectivity index (χ0) is 13.7. The van der Waals surface area contributed by atoms with E-state index in [1.54, 1.807) is 6.26 Å². The van der Waals surface area contributed by atoms with Crippen molar-refractivity contribution in [1.29, 1.82) is 0 Å². The maximum absolute atomic E-state index is 12.2. The second-order valence-corrected chi connectivity index (χ2v) is 5.05. The highest BCUT2D eigenvalue weighted by atomic mass is 16.7. The van der Waals surface area contributed by atoms with Crippen molar-refractivity contribution < 1.29 is 18.7 Å². The fourth-order valence-corrected chi connectivity index (χ4v) is 2.84. The molecule has 0 aliphatic carbocycles. The van der Waals surface area contributed by atoms with Crippen LogP contribution in [0.1, 0.15) is 24.3 Å². The van der Waals surface area contributed by atoms with Gasteiger partial charge in [-0.3, -0.25) is 4.79 Å². The number of hydrogen-bond acceptors (Lipinski definition) is 4. The SMILES string of the molecule is C=C1CC[C@H](c2coc3ccc4c(c23)OCO4)C(=O)N1. The Labute approximate surface area is 115 Å². The molecule has 2 aliphatic heterocycles. The fraction of sp³-hybridized carbons (Fsp3) is 0.267. The highest BCUT2D eigenvalue weighted by molar-refractivity contribution is 5.96. The van der Waals surface area contributed by atoms with E-state index in [1.165, 1.54) is 0 Å². The van der Waals surface area contributed by atoms with Crippen LogP contribution >= 0.6 is 0 Å². The van der Waals surface area contributed by atoms with Gasteiger partial charge in [0.05, 0.1) is 17.6 Å². The van der Waals surface area contributed by atoms with Crippen molar-refractivity contribution in [2.45, 2.75) is 18.8 Å². The number of allylic oxidation sites excluding steroid dienone is 1. The first-order valence-electron chi connectivity index (χ1n) is 6.52. The van der Waals surface area contributed by atoms with Crippen LogP contribution in [0.3, 0.4) is 0 Å². The number of fused-ring (bicyclic) bond motifs is 3. The molecule has 0 spiro atoms. The van der Waals surface area contributed by atoms with Gasteiger partial charge in [0.1, 0.15) is 5.58 Å². The van der Waals surface area contributed by atoms with Gasteiger partial charge in [-0.05, 0) is 25.0 Å². The Balaban J connectivity index is 1.86. The normalized spacial score (nSPS) is 21.3. The summed E-state index contributed by atoms with van der Waals surface area (Å²) >= 11 is 0. The lowest BCUT2D eigenvalue weighted by Gasteiger charge is -2.22. The Morgan fingerprint density at radius 3 is 3.05 bits per heavy atom. The Kier molecular flexibility index (Phi) is 2.30. The molecule has 1 aromatic carbocycles. The lowest BCUT2D eigenvalue weighted by molar-refractivity contribution is -0.122. The molecule has 102 valence electrons. The van der Waals surface area contributed by atoms with Gasteiger partial charge in [-0.15, -0.1) is 0 Å². The van der Waals surface area contributed by atoms with Crippen LogP contribution in [-0.2, 0) is 4.79 Å². The van der Waals surface area contributed by atoms with Gasteiger partial charge in [0.15, 0.2) is 11.5 Å². The minimum atomic E-state index is -0.238. The van der Waals surface area contributed by atoms with Crippen LogP contribution in [0.15, 0.2) is 35.1 Å². The maximum atomic E-state index is 12.2. The minimum Gasteiger partial charge on any atom is -0.464 e. The van der Waals surface area contributed by atoms with Gasteiger partial charge in [0.2, 0.25) is 12.7 Å². The summed E-state index contributed by atoms with van der Waals surface area (Å²) in [4.78, 5) is 12.2. The highest BCUT2D eigenvalue weighted by Gasteiger charge is 2.31. The lowest BCUT2D eigenvalue weighted by Crippen LogP contribution is -2.33. The molecular formula is C15H13NO4. The first-order valence-corrected chi connectivity index (χ1v) is 6.52. The van der Waals surface area contributed by atoms with Crippen LogP contribution < -0.4 is 14.8 Å². The van der Waals surface area contributed by atoms with E-state index >= 15 is 0 Å². The number of rotatable bonds is 1. The molecule has 1 fully saturated rings.